The number of hydrogen-bond acceptors (Lipinski definition) is 14. The van der Waals surface area contributed by atoms with E-state index in [1.54, 1.807) is 0 Å². The molecule has 17 nitrogen and oxygen atoms in total. The Bertz CT molecular complexity index is 1470. The first kappa shape index (κ1) is 33.1. The van der Waals surface area contributed by atoms with Crippen molar-refractivity contribution in [2.45, 2.75) is 24.4 Å². The van der Waals surface area contributed by atoms with Gasteiger partial charge in [0.05, 0.1) is 0 Å². The van der Waals surface area contributed by atoms with Crippen LogP contribution in [0.5, 0.6) is 23.0 Å². The lowest BCUT2D eigenvalue weighted by molar-refractivity contribution is -0.196. The Hall–Kier alpha value is -6.10. The van der Waals surface area contributed by atoms with Gasteiger partial charge >= 0.3 is 35.8 Å². The van der Waals surface area contributed by atoms with Crippen molar-refractivity contribution in [1.82, 2.24) is 0 Å². The molecule has 43 heavy (non-hydrogen) atoms. The van der Waals surface area contributed by atoms with Gasteiger partial charge in [-0.3, -0.25) is 0 Å². The summed E-state index contributed by atoms with van der Waals surface area (Å²) >= 11 is 0. The van der Waals surface area contributed by atoms with Crippen molar-refractivity contribution < 1.29 is 83.8 Å². The Morgan fingerprint density at radius 1 is 0.558 bits per heavy atom. The summed E-state index contributed by atoms with van der Waals surface area (Å²) in [6.45, 7) is 0. The van der Waals surface area contributed by atoms with Gasteiger partial charge in [-0.1, -0.05) is 12.1 Å². The maximum absolute atomic E-state index is 12.8. The minimum Gasteiger partial charge on any atom is -0.504 e. The third kappa shape index (κ3) is 9.50. The Morgan fingerprint density at radius 2 is 0.977 bits per heavy atom. The predicted octanol–water partition coefficient (Wildman–Crippen LogP) is -0.414. The van der Waals surface area contributed by atoms with Crippen LogP contribution in [0, 0.1) is 0 Å². The van der Waals surface area contributed by atoms with E-state index in [-0.39, 0.29) is 11.1 Å². The van der Waals surface area contributed by atoms with Crippen molar-refractivity contribution in [3.05, 3.63) is 59.7 Å². The van der Waals surface area contributed by atoms with Crippen molar-refractivity contribution in [1.29, 1.82) is 0 Å². The molecule has 0 saturated carbocycles. The molecule has 0 aliphatic heterocycles. The first-order valence-electron chi connectivity index (χ1n) is 11.5. The first-order chi connectivity index (χ1) is 20.1. The third-order valence-corrected chi connectivity index (χ3v) is 5.09. The number of ether oxygens (including phenoxy) is 3. The van der Waals surface area contributed by atoms with E-state index >= 15 is 0 Å². The summed E-state index contributed by atoms with van der Waals surface area (Å²) in [6.07, 6.45) is -8.04. The largest absolute Gasteiger partial charge is 0.504 e. The zero-order valence-corrected chi connectivity index (χ0v) is 21.3. The molecular weight excluding hydrogens is 584 g/mol. The number of esters is 3. The van der Waals surface area contributed by atoms with Gasteiger partial charge in [0.15, 0.2) is 29.1 Å². The van der Waals surface area contributed by atoms with Crippen molar-refractivity contribution in [3.8, 4) is 23.0 Å². The van der Waals surface area contributed by atoms with Crippen LogP contribution in [0.15, 0.2) is 48.6 Å². The smallest absolute Gasteiger partial charge is 0.353 e. The zero-order chi connectivity index (χ0) is 32.4. The molecule has 0 aromatic heterocycles. The van der Waals surface area contributed by atoms with Gasteiger partial charge in [0.1, 0.15) is 0 Å². The van der Waals surface area contributed by atoms with Crippen LogP contribution in [0.3, 0.4) is 0 Å². The SMILES string of the molecule is O=C(C=Cc1ccc(O)c(O)c1)O[C@H](C(=O)O)[C@H](OC(=O)C=Cc1ccc(O)c(O)c1)C(=O)O[C@H](C(=O)O)[C@H](O)C(=O)O. The number of aromatic hydroxyl groups is 4. The van der Waals surface area contributed by atoms with Gasteiger partial charge in [0, 0.05) is 12.2 Å². The minimum absolute atomic E-state index is 0.0912. The molecular formula is C26H22O17. The van der Waals surface area contributed by atoms with Crippen molar-refractivity contribution in [2.75, 3.05) is 0 Å². The van der Waals surface area contributed by atoms with Crippen LogP contribution < -0.4 is 0 Å². The lowest BCUT2D eigenvalue weighted by Gasteiger charge is -2.24. The molecule has 8 N–H and O–H groups in total. The van der Waals surface area contributed by atoms with Crippen LogP contribution in [0.25, 0.3) is 12.2 Å². The maximum atomic E-state index is 12.8. The Kier molecular flexibility index (Phi) is 11.2. The van der Waals surface area contributed by atoms with Crippen molar-refractivity contribution >= 4 is 48.0 Å². The fourth-order valence-electron chi connectivity index (χ4n) is 2.99. The number of aliphatic hydroxyl groups is 1. The highest BCUT2D eigenvalue weighted by molar-refractivity contribution is 5.95. The van der Waals surface area contributed by atoms with E-state index in [0.717, 1.165) is 36.4 Å². The van der Waals surface area contributed by atoms with Gasteiger partial charge in [-0.25, -0.2) is 28.8 Å². The molecule has 0 saturated heterocycles. The van der Waals surface area contributed by atoms with Gasteiger partial charge in [-0.05, 0) is 47.5 Å². The van der Waals surface area contributed by atoms with Crippen LogP contribution >= 0.6 is 0 Å². The number of benzene rings is 2. The van der Waals surface area contributed by atoms with Crippen LogP contribution in [0.1, 0.15) is 11.1 Å². The lowest BCUT2D eigenvalue weighted by atomic mass is 10.1. The summed E-state index contributed by atoms with van der Waals surface area (Å²) in [7, 11) is 0. The molecule has 0 bridgehead atoms. The standard InChI is InChI=1S/C26H22O17/c27-13-5-1-11(9-15(13)29)3-7-17(31)41-21(25(38)39)22(26(40)43-20(24(36)37)19(33)23(34)35)42-18(32)8-4-12-2-6-14(28)16(30)10-12/h1-10,19-22,27-30,33H,(H,34,35)(H,36,37)(H,38,39)/t19-,20-,21-,22-/m0/s1. The van der Waals surface area contributed by atoms with Crippen LogP contribution in [0.2, 0.25) is 0 Å². The fourth-order valence-corrected chi connectivity index (χ4v) is 2.99. The number of carbonyl (C=O) groups is 6. The third-order valence-electron chi connectivity index (χ3n) is 5.09. The topological polar surface area (TPSA) is 292 Å². The zero-order valence-electron chi connectivity index (χ0n) is 21.3. The lowest BCUT2D eigenvalue weighted by Crippen LogP contribution is -2.50. The summed E-state index contributed by atoms with van der Waals surface area (Å²) in [5.41, 5.74) is 0.201. The van der Waals surface area contributed by atoms with Crippen molar-refractivity contribution in [3.63, 3.8) is 0 Å². The second-order valence-electron chi connectivity index (χ2n) is 8.19. The monoisotopic (exact) mass is 606 g/mol. The number of carbonyl (C=O) groups excluding carboxylic acids is 3. The van der Waals surface area contributed by atoms with Gasteiger partial charge in [0.2, 0.25) is 18.3 Å². The summed E-state index contributed by atoms with van der Waals surface area (Å²) < 4.78 is 13.8. The average molecular weight is 606 g/mol. The number of hydrogen-bond donors (Lipinski definition) is 8. The minimum atomic E-state index is -2.85. The number of aliphatic hydroxyl groups excluding tert-OH is 1. The van der Waals surface area contributed by atoms with E-state index in [9.17, 15) is 59.4 Å². The van der Waals surface area contributed by atoms with Gasteiger partial charge in [0.25, 0.3) is 0 Å². The van der Waals surface area contributed by atoms with Crippen LogP contribution in [-0.2, 0) is 43.0 Å². The molecule has 0 heterocycles. The summed E-state index contributed by atoms with van der Waals surface area (Å²) in [4.78, 5) is 71.9. The van der Waals surface area contributed by atoms with E-state index in [0.29, 0.717) is 12.2 Å². The molecule has 0 aliphatic carbocycles. The second kappa shape index (κ2) is 14.5. The summed E-state index contributed by atoms with van der Waals surface area (Å²) in [5.74, 6) is -13.7. The van der Waals surface area contributed by atoms with E-state index in [4.69, 9.17) is 14.9 Å². The normalized spacial score (nSPS) is 13.9. The van der Waals surface area contributed by atoms with Gasteiger partial charge < -0.3 is 55.1 Å². The Morgan fingerprint density at radius 3 is 1.35 bits per heavy atom. The van der Waals surface area contributed by atoms with E-state index in [2.05, 4.69) is 9.47 Å². The Balaban J connectivity index is 2.38. The molecule has 2 aromatic carbocycles. The molecule has 0 spiro atoms. The highest BCUT2D eigenvalue weighted by atomic mass is 16.6. The molecule has 228 valence electrons. The molecule has 4 atom stereocenters. The van der Waals surface area contributed by atoms with E-state index < -0.39 is 83.2 Å². The average Bonchev–Trinajstić information content (AvgIpc) is 2.93. The molecule has 0 amide bonds. The number of aliphatic carboxylic acids is 3. The quantitative estimate of drug-likeness (QED) is 0.0621. The second-order valence-corrected chi connectivity index (χ2v) is 8.19. The van der Waals surface area contributed by atoms with Crippen molar-refractivity contribution in [2.24, 2.45) is 0 Å². The fraction of sp³-hybridized carbons (Fsp3) is 0.154. The molecule has 2 aromatic rings. The number of carboxylic acid groups (broad SMARTS) is 3. The number of phenolic OH excluding ortho intramolecular Hbond substituents is 4. The van der Waals surface area contributed by atoms with E-state index in [1.165, 1.54) is 12.1 Å². The molecule has 0 radical (unpaired) electrons. The van der Waals surface area contributed by atoms with Gasteiger partial charge in [-0.15, -0.1) is 0 Å². The molecule has 2 rings (SSSR count). The van der Waals surface area contributed by atoms with E-state index in [1.807, 2.05) is 0 Å². The highest BCUT2D eigenvalue weighted by Crippen LogP contribution is 2.26. The molecule has 0 aliphatic rings. The Labute approximate surface area is 239 Å². The highest BCUT2D eigenvalue weighted by Gasteiger charge is 2.45. The summed E-state index contributed by atoms with van der Waals surface area (Å²) in [6, 6.07) is 6.57. The molecule has 0 unspecified atom stereocenters. The number of phenols is 4. The predicted molar refractivity (Wildman–Crippen MR) is 136 cm³/mol. The van der Waals surface area contributed by atoms with Crippen LogP contribution in [-0.4, -0.2) is 101 Å². The number of rotatable bonds is 13. The molecule has 0 fully saturated rings. The first-order valence-corrected chi connectivity index (χ1v) is 11.5. The van der Waals surface area contributed by atoms with Gasteiger partial charge in [-0.2, -0.15) is 0 Å². The maximum Gasteiger partial charge on any atom is 0.353 e. The summed E-state index contributed by atoms with van der Waals surface area (Å²) in [5, 5.41) is 75.0. The molecule has 17 heteroatoms. The number of carboxylic acids is 3. The van der Waals surface area contributed by atoms with Crippen LogP contribution in [0.4, 0.5) is 0 Å².